The molecule has 4 nitrogen and oxygen atoms in total. The summed E-state index contributed by atoms with van der Waals surface area (Å²) in [4.78, 5) is 11.2. The van der Waals surface area contributed by atoms with Crippen LogP contribution in [0.3, 0.4) is 0 Å². The van der Waals surface area contributed by atoms with Crippen LogP contribution >= 0.6 is 15.9 Å². The highest BCUT2D eigenvalue weighted by Gasteiger charge is 2.11. The van der Waals surface area contributed by atoms with Gasteiger partial charge < -0.3 is 4.74 Å². The zero-order valence-corrected chi connectivity index (χ0v) is 9.22. The van der Waals surface area contributed by atoms with E-state index in [4.69, 9.17) is 0 Å². The molecule has 0 radical (unpaired) electrons. The Morgan fingerprint density at radius 2 is 2.57 bits per heavy atom. The number of ether oxygens (including phenoxy) is 1. The van der Waals surface area contributed by atoms with Crippen LogP contribution in [0.15, 0.2) is 6.20 Å². The molecule has 1 heterocycles. The van der Waals surface area contributed by atoms with Crippen LogP contribution in [0.2, 0.25) is 0 Å². The predicted molar refractivity (Wildman–Crippen MR) is 55.2 cm³/mol. The fraction of sp³-hybridized carbons (Fsp3) is 0.333. The largest absolute Gasteiger partial charge is 0.464 e. The number of nitrogens with one attached hydrogen (secondary N) is 1. The van der Waals surface area contributed by atoms with Gasteiger partial charge in [0.1, 0.15) is 0 Å². The molecule has 0 amide bonds. The fourth-order valence-corrected chi connectivity index (χ4v) is 1.04. The van der Waals surface area contributed by atoms with E-state index in [9.17, 15) is 4.79 Å². The molecule has 0 fully saturated rings. The zero-order valence-electron chi connectivity index (χ0n) is 7.63. The van der Waals surface area contributed by atoms with Crippen molar-refractivity contribution in [3.05, 3.63) is 17.5 Å². The standard InChI is InChI=1S/C9H9BrN2O2/c1-14-9(13)8-7(6-11-12-8)4-2-3-5-10/h6H,3,5H2,1H3,(H,11,12). The van der Waals surface area contributed by atoms with Crippen LogP contribution in [-0.2, 0) is 4.74 Å². The monoisotopic (exact) mass is 256 g/mol. The van der Waals surface area contributed by atoms with E-state index in [0.29, 0.717) is 11.3 Å². The van der Waals surface area contributed by atoms with Crippen LogP contribution in [0.1, 0.15) is 22.5 Å². The highest BCUT2D eigenvalue weighted by molar-refractivity contribution is 9.09. The summed E-state index contributed by atoms with van der Waals surface area (Å²) in [6, 6.07) is 0. The number of hydrogen-bond donors (Lipinski definition) is 1. The molecular weight excluding hydrogens is 248 g/mol. The summed E-state index contributed by atoms with van der Waals surface area (Å²) in [7, 11) is 1.32. The average Bonchev–Trinajstić information content (AvgIpc) is 2.65. The van der Waals surface area contributed by atoms with E-state index >= 15 is 0 Å². The first-order valence-electron chi connectivity index (χ1n) is 3.96. The van der Waals surface area contributed by atoms with Gasteiger partial charge in [-0.1, -0.05) is 27.8 Å². The van der Waals surface area contributed by atoms with Gasteiger partial charge >= 0.3 is 5.97 Å². The fourth-order valence-electron chi connectivity index (χ4n) is 0.844. The highest BCUT2D eigenvalue weighted by atomic mass is 79.9. The smallest absolute Gasteiger partial charge is 0.357 e. The van der Waals surface area contributed by atoms with Gasteiger partial charge in [0.25, 0.3) is 0 Å². The van der Waals surface area contributed by atoms with Gasteiger partial charge in [0.2, 0.25) is 0 Å². The van der Waals surface area contributed by atoms with E-state index in [1.807, 2.05) is 0 Å². The zero-order chi connectivity index (χ0) is 10.4. The SMILES string of the molecule is COC(=O)c1[nH]ncc1C#CCCBr. The number of aromatic amines is 1. The summed E-state index contributed by atoms with van der Waals surface area (Å²) >= 11 is 3.26. The van der Waals surface area contributed by atoms with Crippen molar-refractivity contribution in [1.82, 2.24) is 10.2 Å². The minimum atomic E-state index is -0.453. The Bertz CT molecular complexity index is 376. The maximum atomic E-state index is 11.2. The Morgan fingerprint density at radius 3 is 3.21 bits per heavy atom. The molecule has 0 aliphatic carbocycles. The van der Waals surface area contributed by atoms with Crippen LogP contribution < -0.4 is 0 Å². The molecule has 1 rings (SSSR count). The molecule has 0 saturated heterocycles. The third kappa shape index (κ3) is 2.60. The number of carbonyl (C=O) groups excluding carboxylic acids is 1. The molecule has 0 atom stereocenters. The molecule has 14 heavy (non-hydrogen) atoms. The van der Waals surface area contributed by atoms with E-state index in [0.717, 1.165) is 11.8 Å². The van der Waals surface area contributed by atoms with Crippen molar-refractivity contribution in [1.29, 1.82) is 0 Å². The summed E-state index contributed by atoms with van der Waals surface area (Å²) < 4.78 is 4.55. The number of carbonyl (C=O) groups is 1. The molecule has 0 aliphatic rings. The molecule has 0 unspecified atom stereocenters. The molecule has 1 N–H and O–H groups in total. The maximum absolute atomic E-state index is 11.2. The number of rotatable bonds is 2. The molecule has 1 aromatic rings. The van der Waals surface area contributed by atoms with E-state index in [2.05, 4.69) is 42.7 Å². The molecule has 5 heteroatoms. The number of nitrogens with zero attached hydrogens (tertiary/aromatic N) is 1. The van der Waals surface area contributed by atoms with Crippen molar-refractivity contribution in [2.45, 2.75) is 6.42 Å². The second-order valence-electron chi connectivity index (χ2n) is 2.39. The lowest BCUT2D eigenvalue weighted by Crippen LogP contribution is -2.03. The lowest BCUT2D eigenvalue weighted by Gasteiger charge is -1.93. The first kappa shape index (κ1) is 10.8. The quantitative estimate of drug-likeness (QED) is 0.494. The second-order valence-corrected chi connectivity index (χ2v) is 3.18. The molecule has 0 aliphatic heterocycles. The molecule has 0 bridgehead atoms. The van der Waals surface area contributed by atoms with Gasteiger partial charge in [-0.15, -0.1) is 0 Å². The van der Waals surface area contributed by atoms with Crippen LogP contribution in [0.5, 0.6) is 0 Å². The number of halogens is 1. The van der Waals surface area contributed by atoms with Crippen molar-refractivity contribution in [3.8, 4) is 11.8 Å². The summed E-state index contributed by atoms with van der Waals surface area (Å²) in [5.41, 5.74) is 0.868. The number of methoxy groups -OCH3 is 1. The first-order valence-corrected chi connectivity index (χ1v) is 5.08. The van der Waals surface area contributed by atoms with Crippen LogP contribution in [0, 0.1) is 11.8 Å². The number of aromatic nitrogens is 2. The maximum Gasteiger partial charge on any atom is 0.357 e. The topological polar surface area (TPSA) is 55.0 Å². The van der Waals surface area contributed by atoms with Crippen molar-refractivity contribution in [2.75, 3.05) is 12.4 Å². The number of hydrogen-bond acceptors (Lipinski definition) is 3. The van der Waals surface area contributed by atoms with Gasteiger partial charge in [-0.2, -0.15) is 5.10 Å². The Morgan fingerprint density at radius 1 is 1.79 bits per heavy atom. The third-order valence-electron chi connectivity index (χ3n) is 1.47. The average molecular weight is 257 g/mol. The lowest BCUT2D eigenvalue weighted by molar-refractivity contribution is 0.0593. The Kier molecular flexibility index (Phi) is 4.20. The normalized spacial score (nSPS) is 9.00. The minimum Gasteiger partial charge on any atom is -0.464 e. The van der Waals surface area contributed by atoms with Gasteiger partial charge in [0.05, 0.1) is 18.9 Å². The summed E-state index contributed by atoms with van der Waals surface area (Å²) in [6.07, 6.45) is 2.24. The third-order valence-corrected chi connectivity index (χ3v) is 1.87. The van der Waals surface area contributed by atoms with Crippen molar-refractivity contribution < 1.29 is 9.53 Å². The van der Waals surface area contributed by atoms with Crippen LogP contribution in [0.25, 0.3) is 0 Å². The molecule has 0 saturated carbocycles. The second kappa shape index (κ2) is 5.45. The number of alkyl halides is 1. The Labute approximate surface area is 90.2 Å². The summed E-state index contributed by atoms with van der Waals surface area (Å²) in [6.45, 7) is 0. The van der Waals surface area contributed by atoms with Crippen molar-refractivity contribution in [3.63, 3.8) is 0 Å². The van der Waals surface area contributed by atoms with Gasteiger partial charge in [0.15, 0.2) is 5.69 Å². The van der Waals surface area contributed by atoms with E-state index in [1.165, 1.54) is 13.3 Å². The molecule has 74 valence electrons. The minimum absolute atomic E-state index is 0.301. The predicted octanol–water partition coefficient (Wildman–Crippen LogP) is 1.33. The van der Waals surface area contributed by atoms with Gasteiger partial charge in [-0.3, -0.25) is 5.10 Å². The van der Waals surface area contributed by atoms with E-state index in [-0.39, 0.29) is 0 Å². The van der Waals surface area contributed by atoms with Crippen molar-refractivity contribution in [2.24, 2.45) is 0 Å². The molecule has 0 aromatic carbocycles. The number of esters is 1. The van der Waals surface area contributed by atoms with Gasteiger partial charge in [0, 0.05) is 11.8 Å². The van der Waals surface area contributed by atoms with Crippen molar-refractivity contribution >= 4 is 21.9 Å². The molecule has 0 spiro atoms. The lowest BCUT2D eigenvalue weighted by atomic mass is 10.2. The van der Waals surface area contributed by atoms with E-state index < -0.39 is 5.97 Å². The molecular formula is C9H9BrN2O2. The summed E-state index contributed by atoms with van der Waals surface area (Å²) in [5, 5.41) is 7.09. The van der Waals surface area contributed by atoms with Gasteiger partial charge in [-0.25, -0.2) is 4.79 Å². The van der Waals surface area contributed by atoms with Crippen LogP contribution in [0.4, 0.5) is 0 Å². The highest BCUT2D eigenvalue weighted by Crippen LogP contribution is 2.03. The van der Waals surface area contributed by atoms with Gasteiger partial charge in [-0.05, 0) is 0 Å². The Hall–Kier alpha value is -1.28. The molecule has 1 aromatic heterocycles. The van der Waals surface area contributed by atoms with Crippen LogP contribution in [-0.4, -0.2) is 28.6 Å². The summed E-state index contributed by atoms with van der Waals surface area (Å²) in [5.74, 6) is 5.27. The van der Waals surface area contributed by atoms with E-state index in [1.54, 1.807) is 0 Å². The Balaban J connectivity index is 2.84. The number of H-pyrrole nitrogens is 1. The first-order chi connectivity index (χ1) is 6.79.